The van der Waals surface area contributed by atoms with E-state index in [0.717, 1.165) is 16.6 Å². The highest BCUT2D eigenvalue weighted by atomic mass is 79.9. The highest BCUT2D eigenvalue weighted by molar-refractivity contribution is 9.10. The van der Waals surface area contributed by atoms with Crippen molar-refractivity contribution in [1.29, 1.82) is 0 Å². The topological polar surface area (TPSA) is 12.5 Å². The SMILES string of the molecule is CN(C)CCO[C@](C)(c1ccccc1)c1ccc(Br)cc1.Cl. The molecule has 0 N–H and O–H groups in total. The van der Waals surface area contributed by atoms with E-state index < -0.39 is 5.60 Å². The van der Waals surface area contributed by atoms with Crippen LogP contribution in [0.3, 0.4) is 0 Å². The molecule has 2 aromatic carbocycles. The Morgan fingerprint density at radius 2 is 1.50 bits per heavy atom. The van der Waals surface area contributed by atoms with Crippen molar-refractivity contribution in [3.63, 3.8) is 0 Å². The molecule has 22 heavy (non-hydrogen) atoms. The van der Waals surface area contributed by atoms with Crippen LogP contribution in [-0.2, 0) is 10.3 Å². The van der Waals surface area contributed by atoms with Gasteiger partial charge in [-0.2, -0.15) is 0 Å². The summed E-state index contributed by atoms with van der Waals surface area (Å²) in [5.74, 6) is 0. The highest BCUT2D eigenvalue weighted by Gasteiger charge is 2.29. The first-order chi connectivity index (χ1) is 10.0. The van der Waals surface area contributed by atoms with Gasteiger partial charge in [0.1, 0.15) is 5.60 Å². The smallest absolute Gasteiger partial charge is 0.115 e. The third-order valence-corrected chi connectivity index (χ3v) is 4.18. The Morgan fingerprint density at radius 3 is 2.05 bits per heavy atom. The minimum Gasteiger partial charge on any atom is -0.365 e. The Morgan fingerprint density at radius 1 is 0.955 bits per heavy atom. The van der Waals surface area contributed by atoms with E-state index in [1.807, 2.05) is 6.07 Å². The van der Waals surface area contributed by atoms with Gasteiger partial charge in [-0.3, -0.25) is 0 Å². The molecule has 0 amide bonds. The number of benzene rings is 2. The zero-order chi connectivity index (χ0) is 15.3. The number of ether oxygens (including phenoxy) is 1. The van der Waals surface area contributed by atoms with Gasteiger partial charge in [0.2, 0.25) is 0 Å². The summed E-state index contributed by atoms with van der Waals surface area (Å²) in [5, 5.41) is 0. The highest BCUT2D eigenvalue weighted by Crippen LogP contribution is 2.33. The van der Waals surface area contributed by atoms with Crippen LogP contribution >= 0.6 is 28.3 Å². The molecule has 2 aromatic rings. The second kappa shape index (κ2) is 8.68. The maximum atomic E-state index is 6.30. The zero-order valence-electron chi connectivity index (χ0n) is 13.3. The van der Waals surface area contributed by atoms with E-state index in [9.17, 15) is 0 Å². The Labute approximate surface area is 148 Å². The molecule has 0 aliphatic carbocycles. The molecule has 2 rings (SSSR count). The normalized spacial score (nSPS) is 13.5. The van der Waals surface area contributed by atoms with Crippen LogP contribution in [0.15, 0.2) is 59.1 Å². The molecule has 0 bridgehead atoms. The van der Waals surface area contributed by atoms with Crippen LogP contribution in [0.4, 0.5) is 0 Å². The molecule has 0 heterocycles. The van der Waals surface area contributed by atoms with Crippen molar-refractivity contribution in [3.05, 3.63) is 70.2 Å². The molecule has 0 spiro atoms. The number of hydrogen-bond donors (Lipinski definition) is 0. The standard InChI is InChI=1S/C18H22BrNO.ClH/c1-18(21-14-13-20(2)3,15-7-5-4-6-8-15)16-9-11-17(19)12-10-16;/h4-12H,13-14H2,1-3H3;1H/t18-;/m1./s1. The number of likely N-dealkylation sites (N-methyl/N-ethyl adjacent to an activating group) is 1. The van der Waals surface area contributed by atoms with Gasteiger partial charge in [-0.1, -0.05) is 58.4 Å². The van der Waals surface area contributed by atoms with E-state index in [2.05, 4.69) is 90.4 Å². The predicted molar refractivity (Wildman–Crippen MR) is 98.8 cm³/mol. The van der Waals surface area contributed by atoms with Crippen LogP contribution in [0.1, 0.15) is 18.1 Å². The zero-order valence-corrected chi connectivity index (χ0v) is 15.7. The first-order valence-corrected chi connectivity index (χ1v) is 7.92. The minimum atomic E-state index is -0.433. The summed E-state index contributed by atoms with van der Waals surface area (Å²) in [6, 6.07) is 18.8. The van der Waals surface area contributed by atoms with Gasteiger partial charge in [0.15, 0.2) is 0 Å². The monoisotopic (exact) mass is 383 g/mol. The van der Waals surface area contributed by atoms with Gasteiger partial charge in [-0.05, 0) is 44.3 Å². The van der Waals surface area contributed by atoms with Crippen LogP contribution in [0.5, 0.6) is 0 Å². The minimum absolute atomic E-state index is 0. The Balaban J connectivity index is 0.00000242. The lowest BCUT2D eigenvalue weighted by Crippen LogP contribution is -2.31. The Hall–Kier alpha value is -0.870. The fourth-order valence-corrected chi connectivity index (χ4v) is 2.55. The van der Waals surface area contributed by atoms with Crippen molar-refractivity contribution < 1.29 is 4.74 Å². The summed E-state index contributed by atoms with van der Waals surface area (Å²) in [6.45, 7) is 3.73. The lowest BCUT2D eigenvalue weighted by molar-refractivity contribution is -0.0101. The van der Waals surface area contributed by atoms with Crippen LogP contribution in [-0.4, -0.2) is 32.1 Å². The second-order valence-electron chi connectivity index (χ2n) is 5.56. The van der Waals surface area contributed by atoms with E-state index in [1.54, 1.807) is 0 Å². The lowest BCUT2D eigenvalue weighted by Gasteiger charge is -2.32. The van der Waals surface area contributed by atoms with Crippen molar-refractivity contribution in [2.24, 2.45) is 0 Å². The van der Waals surface area contributed by atoms with Crippen LogP contribution < -0.4 is 0 Å². The van der Waals surface area contributed by atoms with Crippen LogP contribution in [0.2, 0.25) is 0 Å². The molecule has 0 aromatic heterocycles. The summed E-state index contributed by atoms with van der Waals surface area (Å²) < 4.78 is 7.37. The van der Waals surface area contributed by atoms with Gasteiger partial charge >= 0.3 is 0 Å². The molecule has 0 aliphatic heterocycles. The van der Waals surface area contributed by atoms with Crippen molar-refractivity contribution in [2.45, 2.75) is 12.5 Å². The van der Waals surface area contributed by atoms with Crippen molar-refractivity contribution in [3.8, 4) is 0 Å². The van der Waals surface area contributed by atoms with Gasteiger partial charge in [-0.15, -0.1) is 12.4 Å². The summed E-state index contributed by atoms with van der Waals surface area (Å²) >= 11 is 3.49. The van der Waals surface area contributed by atoms with E-state index >= 15 is 0 Å². The number of hydrogen-bond acceptors (Lipinski definition) is 2. The quantitative estimate of drug-likeness (QED) is 0.715. The molecular weight excluding hydrogens is 362 g/mol. The molecule has 1 atom stereocenters. The van der Waals surface area contributed by atoms with Gasteiger partial charge in [0.25, 0.3) is 0 Å². The molecule has 0 radical (unpaired) electrons. The number of halogens is 2. The first kappa shape index (κ1) is 19.2. The van der Waals surface area contributed by atoms with Gasteiger partial charge < -0.3 is 9.64 Å². The summed E-state index contributed by atoms with van der Waals surface area (Å²) in [6.07, 6.45) is 0. The lowest BCUT2D eigenvalue weighted by atomic mass is 9.88. The van der Waals surface area contributed by atoms with Gasteiger partial charge in [0.05, 0.1) is 6.61 Å². The van der Waals surface area contributed by atoms with E-state index in [-0.39, 0.29) is 12.4 Å². The Kier molecular flexibility index (Phi) is 7.57. The molecule has 0 fully saturated rings. The largest absolute Gasteiger partial charge is 0.365 e. The van der Waals surface area contributed by atoms with Crippen molar-refractivity contribution >= 4 is 28.3 Å². The summed E-state index contributed by atoms with van der Waals surface area (Å²) in [4.78, 5) is 2.13. The number of nitrogens with zero attached hydrogens (tertiary/aromatic N) is 1. The van der Waals surface area contributed by atoms with Crippen LogP contribution in [0, 0.1) is 0 Å². The van der Waals surface area contributed by atoms with Gasteiger partial charge in [0, 0.05) is 11.0 Å². The molecular formula is C18H23BrClNO. The summed E-state index contributed by atoms with van der Waals surface area (Å²) in [5.41, 5.74) is 1.90. The predicted octanol–water partition coefficient (Wildman–Crippen LogP) is 4.71. The van der Waals surface area contributed by atoms with E-state index in [1.165, 1.54) is 5.56 Å². The summed E-state index contributed by atoms with van der Waals surface area (Å²) in [7, 11) is 4.12. The third-order valence-electron chi connectivity index (χ3n) is 3.65. The molecule has 0 aliphatic rings. The molecule has 2 nitrogen and oxygen atoms in total. The average Bonchev–Trinajstić information content (AvgIpc) is 2.48. The maximum absolute atomic E-state index is 6.30. The average molecular weight is 385 g/mol. The van der Waals surface area contributed by atoms with Crippen molar-refractivity contribution in [1.82, 2.24) is 4.90 Å². The van der Waals surface area contributed by atoms with E-state index in [0.29, 0.717) is 6.61 Å². The van der Waals surface area contributed by atoms with E-state index in [4.69, 9.17) is 4.74 Å². The number of rotatable bonds is 6. The third kappa shape index (κ3) is 4.82. The fraction of sp³-hybridized carbons (Fsp3) is 0.333. The fourth-order valence-electron chi connectivity index (χ4n) is 2.29. The molecule has 4 heteroatoms. The van der Waals surface area contributed by atoms with Crippen LogP contribution in [0.25, 0.3) is 0 Å². The molecule has 120 valence electrons. The van der Waals surface area contributed by atoms with Crippen molar-refractivity contribution in [2.75, 3.05) is 27.2 Å². The first-order valence-electron chi connectivity index (χ1n) is 7.12. The molecule has 0 unspecified atom stereocenters. The maximum Gasteiger partial charge on any atom is 0.115 e. The molecule has 0 saturated carbocycles. The molecule has 0 saturated heterocycles. The Bertz CT molecular complexity index is 559. The second-order valence-corrected chi connectivity index (χ2v) is 6.47. The van der Waals surface area contributed by atoms with Gasteiger partial charge in [-0.25, -0.2) is 0 Å².